The zero-order valence-corrected chi connectivity index (χ0v) is 11.9. The van der Waals surface area contributed by atoms with Crippen molar-refractivity contribution in [2.45, 2.75) is 0 Å². The fourth-order valence-electron chi connectivity index (χ4n) is 1.65. The number of imidazole rings is 1. The van der Waals surface area contributed by atoms with E-state index in [1.807, 2.05) is 6.07 Å². The third-order valence-corrected chi connectivity index (χ3v) is 3.25. The van der Waals surface area contributed by atoms with Crippen LogP contribution in [0.1, 0.15) is 0 Å². The Balaban J connectivity index is 2.07. The molecule has 3 rings (SSSR count). The van der Waals surface area contributed by atoms with Gasteiger partial charge in [-0.15, -0.1) is 0 Å². The molecule has 0 saturated carbocycles. The first-order valence-electron chi connectivity index (χ1n) is 5.35. The summed E-state index contributed by atoms with van der Waals surface area (Å²) in [6, 6.07) is 5.32. The van der Waals surface area contributed by atoms with Crippen LogP contribution >= 0.6 is 27.5 Å². The summed E-state index contributed by atoms with van der Waals surface area (Å²) >= 11 is 9.44. The molecule has 3 aromatic rings. The summed E-state index contributed by atoms with van der Waals surface area (Å²) in [6.45, 7) is 0. The van der Waals surface area contributed by atoms with E-state index >= 15 is 0 Å². The quantitative estimate of drug-likeness (QED) is 0.776. The molecule has 0 fully saturated rings. The highest BCUT2D eigenvalue weighted by molar-refractivity contribution is 9.10. The summed E-state index contributed by atoms with van der Waals surface area (Å²) in [4.78, 5) is 8.30. The van der Waals surface area contributed by atoms with Gasteiger partial charge in [-0.3, -0.25) is 4.40 Å². The standard InChI is InChI=1S/C12H8BrClN4O/c13-7-1-2-9(8(14)5-7)19-12-11-16-3-4-18(11)6-10(15)17-12/h1-6H,15H2. The van der Waals surface area contributed by atoms with Gasteiger partial charge < -0.3 is 10.5 Å². The number of hydrogen-bond donors (Lipinski definition) is 1. The number of halogens is 2. The van der Waals surface area contributed by atoms with Crippen LogP contribution in [0.2, 0.25) is 5.02 Å². The number of anilines is 1. The van der Waals surface area contributed by atoms with E-state index in [0.29, 0.717) is 28.1 Å². The molecular formula is C12H8BrClN4O. The van der Waals surface area contributed by atoms with Crippen LogP contribution in [0.15, 0.2) is 41.3 Å². The van der Waals surface area contributed by atoms with Gasteiger partial charge in [-0.25, -0.2) is 4.98 Å². The molecule has 0 aliphatic heterocycles. The summed E-state index contributed by atoms with van der Waals surface area (Å²) in [7, 11) is 0. The fraction of sp³-hybridized carbons (Fsp3) is 0. The number of nitrogens with two attached hydrogens (primary N) is 1. The number of nitrogen functional groups attached to an aromatic ring is 1. The second kappa shape index (κ2) is 4.71. The number of nitrogens with zero attached hydrogens (tertiary/aromatic N) is 3. The molecule has 2 N–H and O–H groups in total. The van der Waals surface area contributed by atoms with Crippen molar-refractivity contribution in [2.24, 2.45) is 0 Å². The van der Waals surface area contributed by atoms with E-state index in [2.05, 4.69) is 25.9 Å². The van der Waals surface area contributed by atoms with Crippen LogP contribution in [0.5, 0.6) is 11.6 Å². The SMILES string of the molecule is Nc1cn2ccnc2c(Oc2ccc(Br)cc2Cl)n1. The van der Waals surface area contributed by atoms with Gasteiger partial charge >= 0.3 is 0 Å². The third kappa shape index (κ3) is 2.36. The Morgan fingerprint density at radius 1 is 1.37 bits per heavy atom. The molecule has 2 aromatic heterocycles. The number of ether oxygens (including phenoxy) is 1. The predicted molar refractivity (Wildman–Crippen MR) is 76.6 cm³/mol. The van der Waals surface area contributed by atoms with Crippen LogP contribution in [-0.4, -0.2) is 14.4 Å². The van der Waals surface area contributed by atoms with Crippen molar-refractivity contribution in [3.05, 3.63) is 46.3 Å². The number of rotatable bonds is 2. The van der Waals surface area contributed by atoms with E-state index in [1.54, 1.807) is 35.1 Å². The van der Waals surface area contributed by atoms with Gasteiger partial charge in [-0.2, -0.15) is 4.98 Å². The number of hydrogen-bond acceptors (Lipinski definition) is 4. The highest BCUT2D eigenvalue weighted by Crippen LogP contribution is 2.32. The molecule has 7 heteroatoms. The summed E-state index contributed by atoms with van der Waals surface area (Å²) < 4.78 is 8.30. The van der Waals surface area contributed by atoms with Crippen molar-refractivity contribution in [1.29, 1.82) is 0 Å². The van der Waals surface area contributed by atoms with Crippen molar-refractivity contribution in [3.8, 4) is 11.6 Å². The molecule has 0 aliphatic rings. The van der Waals surface area contributed by atoms with Crippen LogP contribution in [0, 0.1) is 0 Å². The molecule has 0 spiro atoms. The fourth-order valence-corrected chi connectivity index (χ4v) is 2.36. The highest BCUT2D eigenvalue weighted by Gasteiger charge is 2.11. The minimum absolute atomic E-state index is 0.314. The molecule has 19 heavy (non-hydrogen) atoms. The second-order valence-corrected chi connectivity index (χ2v) is 5.13. The van der Waals surface area contributed by atoms with Gasteiger partial charge in [0.05, 0.1) is 11.2 Å². The number of aromatic nitrogens is 3. The van der Waals surface area contributed by atoms with Crippen molar-refractivity contribution in [2.75, 3.05) is 5.73 Å². The van der Waals surface area contributed by atoms with Gasteiger partial charge in [0.1, 0.15) is 11.6 Å². The lowest BCUT2D eigenvalue weighted by molar-refractivity contribution is 0.466. The topological polar surface area (TPSA) is 65.4 Å². The molecule has 5 nitrogen and oxygen atoms in total. The normalized spacial score (nSPS) is 10.8. The zero-order valence-electron chi connectivity index (χ0n) is 9.55. The molecule has 0 aliphatic carbocycles. The molecular weight excluding hydrogens is 332 g/mol. The molecule has 0 bridgehead atoms. The first kappa shape index (κ1) is 12.3. The number of fused-ring (bicyclic) bond motifs is 1. The van der Waals surface area contributed by atoms with Crippen LogP contribution < -0.4 is 10.5 Å². The molecule has 96 valence electrons. The monoisotopic (exact) mass is 338 g/mol. The molecule has 0 saturated heterocycles. The Morgan fingerprint density at radius 2 is 2.21 bits per heavy atom. The summed E-state index contributed by atoms with van der Waals surface area (Å²) in [5.74, 6) is 1.15. The van der Waals surface area contributed by atoms with Gasteiger partial charge in [0.2, 0.25) is 5.65 Å². The van der Waals surface area contributed by atoms with Gasteiger partial charge in [0.25, 0.3) is 5.88 Å². The molecule has 2 heterocycles. The van der Waals surface area contributed by atoms with Crippen molar-refractivity contribution in [3.63, 3.8) is 0 Å². The van der Waals surface area contributed by atoms with Crippen LogP contribution in [0.4, 0.5) is 5.82 Å². The minimum atomic E-state index is 0.314. The van der Waals surface area contributed by atoms with E-state index in [4.69, 9.17) is 22.1 Å². The Hall–Kier alpha value is -1.79. The largest absolute Gasteiger partial charge is 0.434 e. The maximum Gasteiger partial charge on any atom is 0.265 e. The van der Waals surface area contributed by atoms with E-state index in [-0.39, 0.29) is 0 Å². The lowest BCUT2D eigenvalue weighted by atomic mass is 10.3. The lowest BCUT2D eigenvalue weighted by Crippen LogP contribution is -1.99. The Kier molecular flexibility index (Phi) is 3.04. The van der Waals surface area contributed by atoms with Crippen LogP contribution in [0.25, 0.3) is 5.65 Å². The van der Waals surface area contributed by atoms with E-state index < -0.39 is 0 Å². The molecule has 0 unspecified atom stereocenters. The van der Waals surface area contributed by atoms with Crippen molar-refractivity contribution in [1.82, 2.24) is 14.4 Å². The van der Waals surface area contributed by atoms with Crippen molar-refractivity contribution >= 4 is 39.0 Å². The summed E-state index contributed by atoms with van der Waals surface area (Å²) in [5, 5.41) is 0.475. The van der Waals surface area contributed by atoms with Gasteiger partial charge in [-0.1, -0.05) is 27.5 Å². The molecule has 0 radical (unpaired) electrons. The first-order valence-corrected chi connectivity index (χ1v) is 6.52. The molecule has 1 aromatic carbocycles. The van der Waals surface area contributed by atoms with E-state index in [0.717, 1.165) is 4.47 Å². The van der Waals surface area contributed by atoms with Gasteiger partial charge in [-0.05, 0) is 18.2 Å². The minimum Gasteiger partial charge on any atom is -0.434 e. The lowest BCUT2D eigenvalue weighted by Gasteiger charge is -2.08. The predicted octanol–water partition coefficient (Wildman–Crippen LogP) is 3.52. The van der Waals surface area contributed by atoms with E-state index in [1.165, 1.54) is 0 Å². The highest BCUT2D eigenvalue weighted by atomic mass is 79.9. The summed E-state index contributed by atoms with van der Waals surface area (Å²) in [5.41, 5.74) is 6.30. The Morgan fingerprint density at radius 3 is 3.00 bits per heavy atom. The zero-order chi connectivity index (χ0) is 13.4. The van der Waals surface area contributed by atoms with Crippen LogP contribution in [-0.2, 0) is 0 Å². The summed E-state index contributed by atoms with van der Waals surface area (Å²) in [6.07, 6.45) is 5.08. The first-order chi connectivity index (χ1) is 9.13. The maximum absolute atomic E-state index is 6.10. The Bertz CT molecular complexity index is 759. The number of benzene rings is 1. The molecule has 0 atom stereocenters. The third-order valence-electron chi connectivity index (χ3n) is 2.46. The Labute approximate surface area is 122 Å². The van der Waals surface area contributed by atoms with E-state index in [9.17, 15) is 0 Å². The smallest absolute Gasteiger partial charge is 0.265 e. The maximum atomic E-state index is 6.10. The van der Waals surface area contributed by atoms with Crippen molar-refractivity contribution < 1.29 is 4.74 Å². The van der Waals surface area contributed by atoms with Gasteiger partial charge in [0, 0.05) is 16.9 Å². The molecule has 0 amide bonds. The van der Waals surface area contributed by atoms with Gasteiger partial charge in [0.15, 0.2) is 0 Å². The second-order valence-electron chi connectivity index (χ2n) is 3.81. The van der Waals surface area contributed by atoms with Crippen LogP contribution in [0.3, 0.4) is 0 Å². The average Bonchev–Trinajstić information content (AvgIpc) is 2.80. The average molecular weight is 340 g/mol.